The molecule has 0 aliphatic carbocycles. The number of ether oxygens (including phenoxy) is 1. The Bertz CT molecular complexity index is 597. The highest BCUT2D eigenvalue weighted by molar-refractivity contribution is 9.10. The van der Waals surface area contributed by atoms with E-state index in [1.54, 1.807) is 18.2 Å². The van der Waals surface area contributed by atoms with Crippen LogP contribution in [0.1, 0.15) is 12.5 Å². The zero-order chi connectivity index (χ0) is 14.7. The maximum Gasteiger partial charge on any atom is 0.130 e. The predicted molar refractivity (Wildman–Crippen MR) is 88.0 cm³/mol. The van der Waals surface area contributed by atoms with Crippen LogP contribution < -0.4 is 10.5 Å². The number of nitrogens with two attached hydrogens (primary N) is 1. The summed E-state index contributed by atoms with van der Waals surface area (Å²) in [6, 6.07) is 11.0. The summed E-state index contributed by atoms with van der Waals surface area (Å²) >= 11 is 15.4. The van der Waals surface area contributed by atoms with E-state index in [1.165, 1.54) is 0 Å². The first-order valence-corrected chi connectivity index (χ1v) is 7.67. The minimum Gasteiger partial charge on any atom is -0.457 e. The molecule has 1 unspecified atom stereocenters. The van der Waals surface area contributed by atoms with Gasteiger partial charge in [0.25, 0.3) is 0 Å². The van der Waals surface area contributed by atoms with Crippen molar-refractivity contribution in [2.24, 2.45) is 5.73 Å². The minimum absolute atomic E-state index is 0.116. The van der Waals surface area contributed by atoms with Crippen molar-refractivity contribution in [1.29, 1.82) is 0 Å². The highest BCUT2D eigenvalue weighted by Crippen LogP contribution is 2.31. The van der Waals surface area contributed by atoms with Gasteiger partial charge in [-0.3, -0.25) is 0 Å². The molecule has 0 aliphatic rings. The maximum atomic E-state index is 5.94. The van der Waals surface area contributed by atoms with Crippen molar-refractivity contribution in [3.63, 3.8) is 0 Å². The SMILES string of the molecule is CC(N)Cc1ccc(Oc2cc(Cl)cc(Cl)c2)cc1Br. The summed E-state index contributed by atoms with van der Waals surface area (Å²) in [5.74, 6) is 1.32. The first-order chi connectivity index (χ1) is 9.44. The van der Waals surface area contributed by atoms with Gasteiger partial charge in [0.15, 0.2) is 0 Å². The van der Waals surface area contributed by atoms with E-state index in [1.807, 2.05) is 25.1 Å². The van der Waals surface area contributed by atoms with Crippen LogP contribution in [0.3, 0.4) is 0 Å². The van der Waals surface area contributed by atoms with Gasteiger partial charge in [-0.05, 0) is 49.2 Å². The summed E-state index contributed by atoms with van der Waals surface area (Å²) in [6.45, 7) is 1.98. The first kappa shape index (κ1) is 15.6. The summed E-state index contributed by atoms with van der Waals surface area (Å²) in [7, 11) is 0. The number of hydrogen-bond acceptors (Lipinski definition) is 2. The monoisotopic (exact) mass is 373 g/mol. The van der Waals surface area contributed by atoms with Crippen LogP contribution in [-0.2, 0) is 6.42 Å². The van der Waals surface area contributed by atoms with E-state index in [2.05, 4.69) is 15.9 Å². The van der Waals surface area contributed by atoms with E-state index in [9.17, 15) is 0 Å². The second-order valence-electron chi connectivity index (χ2n) is 4.64. The van der Waals surface area contributed by atoms with Gasteiger partial charge in [0.05, 0.1) is 0 Å². The molecule has 0 radical (unpaired) electrons. The Hall–Kier alpha value is -0.740. The summed E-state index contributed by atoms with van der Waals surface area (Å²) in [4.78, 5) is 0. The van der Waals surface area contributed by atoms with Crippen molar-refractivity contribution in [1.82, 2.24) is 0 Å². The summed E-state index contributed by atoms with van der Waals surface area (Å²) in [6.07, 6.45) is 0.809. The summed E-state index contributed by atoms with van der Waals surface area (Å²) in [5.41, 5.74) is 6.96. The van der Waals surface area contributed by atoms with E-state index in [0.717, 1.165) is 16.5 Å². The highest BCUT2D eigenvalue weighted by atomic mass is 79.9. The average Bonchev–Trinajstić information content (AvgIpc) is 2.31. The van der Waals surface area contributed by atoms with Crippen molar-refractivity contribution in [3.8, 4) is 11.5 Å². The molecule has 2 rings (SSSR count). The average molecular weight is 375 g/mol. The molecule has 2 aromatic rings. The fraction of sp³-hybridized carbons (Fsp3) is 0.200. The van der Waals surface area contributed by atoms with E-state index in [4.69, 9.17) is 33.7 Å². The predicted octanol–water partition coefficient (Wildman–Crippen LogP) is 5.44. The number of hydrogen-bond donors (Lipinski definition) is 1. The third-order valence-electron chi connectivity index (χ3n) is 2.64. The van der Waals surface area contributed by atoms with Crippen LogP contribution in [-0.4, -0.2) is 6.04 Å². The Balaban J connectivity index is 2.19. The smallest absolute Gasteiger partial charge is 0.130 e. The molecule has 20 heavy (non-hydrogen) atoms. The molecule has 0 saturated carbocycles. The van der Waals surface area contributed by atoms with Crippen molar-refractivity contribution in [3.05, 3.63) is 56.5 Å². The van der Waals surface area contributed by atoms with Crippen molar-refractivity contribution in [2.45, 2.75) is 19.4 Å². The van der Waals surface area contributed by atoms with Gasteiger partial charge in [-0.2, -0.15) is 0 Å². The molecule has 0 saturated heterocycles. The van der Waals surface area contributed by atoms with Gasteiger partial charge in [0.2, 0.25) is 0 Å². The van der Waals surface area contributed by atoms with Crippen LogP contribution >= 0.6 is 39.1 Å². The van der Waals surface area contributed by atoms with Crippen molar-refractivity contribution < 1.29 is 4.74 Å². The lowest BCUT2D eigenvalue weighted by Crippen LogP contribution is -2.17. The summed E-state index contributed by atoms with van der Waals surface area (Å²) in [5, 5.41) is 1.08. The first-order valence-electron chi connectivity index (χ1n) is 6.12. The molecule has 2 nitrogen and oxygen atoms in total. The fourth-order valence-corrected chi connectivity index (χ4v) is 2.85. The number of benzene rings is 2. The molecule has 0 bridgehead atoms. The molecule has 2 aromatic carbocycles. The standard InChI is InChI=1S/C15H14BrCl2NO/c1-9(19)4-10-2-3-13(8-15(10)16)20-14-6-11(17)5-12(18)7-14/h2-3,5-9H,4,19H2,1H3. The molecule has 0 aliphatic heterocycles. The highest BCUT2D eigenvalue weighted by Gasteiger charge is 2.06. The lowest BCUT2D eigenvalue weighted by atomic mass is 10.1. The van der Waals surface area contributed by atoms with E-state index >= 15 is 0 Å². The van der Waals surface area contributed by atoms with Gasteiger partial charge in [-0.1, -0.05) is 45.2 Å². The molecule has 0 heterocycles. The van der Waals surface area contributed by atoms with Crippen LogP contribution in [0.5, 0.6) is 11.5 Å². The van der Waals surface area contributed by atoms with Crippen LogP contribution in [0.25, 0.3) is 0 Å². The van der Waals surface area contributed by atoms with Crippen LogP contribution in [0.15, 0.2) is 40.9 Å². The van der Waals surface area contributed by atoms with Gasteiger partial charge < -0.3 is 10.5 Å². The quantitative estimate of drug-likeness (QED) is 0.773. The topological polar surface area (TPSA) is 35.2 Å². The Morgan fingerprint density at radius 1 is 1.10 bits per heavy atom. The molecule has 2 N–H and O–H groups in total. The largest absolute Gasteiger partial charge is 0.457 e. The maximum absolute atomic E-state index is 5.94. The molecule has 0 fully saturated rings. The third kappa shape index (κ3) is 4.38. The number of halogens is 3. The Morgan fingerprint density at radius 2 is 1.75 bits per heavy atom. The van der Waals surface area contributed by atoms with Gasteiger partial charge in [-0.15, -0.1) is 0 Å². The second-order valence-corrected chi connectivity index (χ2v) is 6.37. The summed E-state index contributed by atoms with van der Waals surface area (Å²) < 4.78 is 6.72. The van der Waals surface area contributed by atoms with Gasteiger partial charge in [0, 0.05) is 20.6 Å². The molecular weight excluding hydrogens is 361 g/mol. The molecule has 0 amide bonds. The molecular formula is C15H14BrCl2NO. The van der Waals surface area contributed by atoms with Crippen molar-refractivity contribution >= 4 is 39.1 Å². The Kier molecular flexibility index (Phi) is 5.33. The van der Waals surface area contributed by atoms with Gasteiger partial charge in [0.1, 0.15) is 11.5 Å². The normalized spacial score (nSPS) is 12.2. The fourth-order valence-electron chi connectivity index (χ4n) is 1.83. The number of rotatable bonds is 4. The third-order valence-corrected chi connectivity index (χ3v) is 3.81. The zero-order valence-corrected chi connectivity index (χ0v) is 14.0. The molecule has 1 atom stereocenters. The Morgan fingerprint density at radius 3 is 2.30 bits per heavy atom. The van der Waals surface area contributed by atoms with E-state index in [-0.39, 0.29) is 6.04 Å². The van der Waals surface area contributed by atoms with Gasteiger partial charge in [-0.25, -0.2) is 0 Å². The van der Waals surface area contributed by atoms with E-state index in [0.29, 0.717) is 21.5 Å². The van der Waals surface area contributed by atoms with E-state index < -0.39 is 0 Å². The molecule has 5 heteroatoms. The molecule has 0 aromatic heterocycles. The lowest BCUT2D eigenvalue weighted by Gasteiger charge is -2.11. The lowest BCUT2D eigenvalue weighted by molar-refractivity contribution is 0.482. The molecule has 0 spiro atoms. The minimum atomic E-state index is 0.116. The van der Waals surface area contributed by atoms with Crippen LogP contribution in [0.4, 0.5) is 0 Å². The molecule has 106 valence electrons. The Labute approximate surface area is 137 Å². The van der Waals surface area contributed by atoms with Gasteiger partial charge >= 0.3 is 0 Å². The van der Waals surface area contributed by atoms with Crippen molar-refractivity contribution in [2.75, 3.05) is 0 Å². The second kappa shape index (κ2) is 6.81. The van der Waals surface area contributed by atoms with Crippen LogP contribution in [0, 0.1) is 0 Å². The zero-order valence-electron chi connectivity index (χ0n) is 10.9. The van der Waals surface area contributed by atoms with Crippen LogP contribution in [0.2, 0.25) is 10.0 Å².